The number of pyridine rings is 1. The molecule has 15 heavy (non-hydrogen) atoms. The minimum Gasteiger partial charge on any atom is -0.396 e. The maximum Gasteiger partial charge on any atom is 0.127 e. The molecule has 0 spiro atoms. The zero-order chi connectivity index (χ0) is 11.1. The number of anilines is 2. The Bertz CT molecular complexity index is 291. The molecule has 1 atom stereocenters. The quantitative estimate of drug-likeness (QED) is 0.665. The molecule has 0 aliphatic heterocycles. The molecule has 4 nitrogen and oxygen atoms in total. The fraction of sp³-hybridized carbons (Fsp3) is 0.545. The lowest BCUT2D eigenvalue weighted by Crippen LogP contribution is -2.14. The van der Waals surface area contributed by atoms with Gasteiger partial charge in [-0.25, -0.2) is 4.98 Å². The van der Waals surface area contributed by atoms with E-state index in [9.17, 15) is 0 Å². The molecule has 0 aliphatic carbocycles. The fourth-order valence-electron chi connectivity index (χ4n) is 1.17. The monoisotopic (exact) mass is 209 g/mol. The van der Waals surface area contributed by atoms with Crippen molar-refractivity contribution in [1.82, 2.24) is 4.98 Å². The van der Waals surface area contributed by atoms with Crippen molar-refractivity contribution in [1.29, 1.82) is 0 Å². The van der Waals surface area contributed by atoms with Gasteiger partial charge in [0.05, 0.1) is 0 Å². The lowest BCUT2D eigenvalue weighted by molar-refractivity contribution is 0.244. The van der Waals surface area contributed by atoms with Crippen LogP contribution in [0.25, 0.3) is 0 Å². The van der Waals surface area contributed by atoms with E-state index in [2.05, 4.69) is 15.6 Å². The predicted octanol–water partition coefficient (Wildman–Crippen LogP) is 1.55. The highest BCUT2D eigenvalue weighted by Gasteiger charge is 2.00. The van der Waals surface area contributed by atoms with Crippen molar-refractivity contribution in [2.75, 3.05) is 30.3 Å². The summed E-state index contributed by atoms with van der Waals surface area (Å²) >= 11 is 0. The van der Waals surface area contributed by atoms with E-state index in [0.29, 0.717) is 0 Å². The maximum atomic E-state index is 8.89. The van der Waals surface area contributed by atoms with E-state index in [1.54, 1.807) is 6.20 Å². The van der Waals surface area contributed by atoms with Crippen LogP contribution in [0.5, 0.6) is 0 Å². The summed E-state index contributed by atoms with van der Waals surface area (Å²) in [5.74, 6) is 1.14. The first kappa shape index (κ1) is 11.8. The van der Waals surface area contributed by atoms with Crippen molar-refractivity contribution < 1.29 is 5.11 Å². The van der Waals surface area contributed by atoms with Crippen molar-refractivity contribution in [2.45, 2.75) is 13.8 Å². The lowest BCUT2D eigenvalue weighted by atomic mass is 10.2. The molecule has 0 radical (unpaired) electrons. The number of hydrogen-bond acceptors (Lipinski definition) is 4. The highest BCUT2D eigenvalue weighted by atomic mass is 16.3. The molecule has 1 heterocycles. The first-order valence-corrected chi connectivity index (χ1v) is 5.31. The Balaban J connectivity index is 2.50. The molecule has 0 aromatic carbocycles. The minimum absolute atomic E-state index is 0.206. The molecule has 0 saturated carbocycles. The topological polar surface area (TPSA) is 57.2 Å². The van der Waals surface area contributed by atoms with Crippen LogP contribution in [0.4, 0.5) is 11.5 Å². The fourth-order valence-corrected chi connectivity index (χ4v) is 1.17. The third kappa shape index (κ3) is 4.16. The Kier molecular flexibility index (Phi) is 4.90. The highest BCUT2D eigenvalue weighted by Crippen LogP contribution is 2.12. The molecular weight excluding hydrogens is 190 g/mol. The molecule has 0 bridgehead atoms. The number of aliphatic hydroxyl groups excluding tert-OH is 1. The van der Waals surface area contributed by atoms with Gasteiger partial charge in [-0.1, -0.05) is 6.92 Å². The van der Waals surface area contributed by atoms with Gasteiger partial charge in [-0.3, -0.25) is 0 Å². The van der Waals surface area contributed by atoms with E-state index in [-0.39, 0.29) is 12.5 Å². The molecule has 1 unspecified atom stereocenters. The van der Waals surface area contributed by atoms with Gasteiger partial charge in [-0.2, -0.15) is 0 Å². The molecule has 84 valence electrons. The second-order valence-corrected chi connectivity index (χ2v) is 3.63. The van der Waals surface area contributed by atoms with Gasteiger partial charge in [-0.05, 0) is 18.9 Å². The molecular formula is C11H19N3O. The summed E-state index contributed by atoms with van der Waals surface area (Å²) in [5.41, 5.74) is 1.03. The number of aliphatic hydroxyl groups is 1. The van der Waals surface area contributed by atoms with E-state index in [1.807, 2.05) is 26.0 Å². The molecule has 0 fully saturated rings. The van der Waals surface area contributed by atoms with E-state index in [1.165, 1.54) is 0 Å². The molecule has 1 aromatic rings. The third-order valence-corrected chi connectivity index (χ3v) is 2.08. The van der Waals surface area contributed by atoms with E-state index in [0.717, 1.165) is 24.6 Å². The second-order valence-electron chi connectivity index (χ2n) is 3.63. The standard InChI is InChI=1S/C11H19N3O/c1-3-12-11-6-10(4-5-13-11)14-7-9(2)8-15/h4-6,9,15H,3,7-8H2,1-2H3,(H2,12,13,14). The summed E-state index contributed by atoms with van der Waals surface area (Å²) in [6.45, 7) is 5.88. The SMILES string of the molecule is CCNc1cc(NCC(C)CO)ccn1. The van der Waals surface area contributed by atoms with Crippen LogP contribution >= 0.6 is 0 Å². The molecule has 0 saturated heterocycles. The average molecular weight is 209 g/mol. The third-order valence-electron chi connectivity index (χ3n) is 2.08. The first-order valence-electron chi connectivity index (χ1n) is 5.31. The van der Waals surface area contributed by atoms with E-state index in [4.69, 9.17) is 5.11 Å². The molecule has 0 amide bonds. The van der Waals surface area contributed by atoms with E-state index >= 15 is 0 Å². The summed E-state index contributed by atoms with van der Waals surface area (Å²) < 4.78 is 0. The first-order chi connectivity index (χ1) is 7.26. The van der Waals surface area contributed by atoms with Gasteiger partial charge in [0.15, 0.2) is 0 Å². The van der Waals surface area contributed by atoms with Crippen molar-refractivity contribution >= 4 is 11.5 Å². The molecule has 0 aliphatic rings. The number of nitrogens with zero attached hydrogens (tertiary/aromatic N) is 1. The normalized spacial score (nSPS) is 12.2. The molecule has 3 N–H and O–H groups in total. The predicted molar refractivity (Wildman–Crippen MR) is 63.1 cm³/mol. The number of hydrogen-bond donors (Lipinski definition) is 3. The van der Waals surface area contributed by atoms with Gasteiger partial charge in [0, 0.05) is 37.6 Å². The van der Waals surface area contributed by atoms with Crippen LogP contribution in [0.1, 0.15) is 13.8 Å². The summed E-state index contributed by atoms with van der Waals surface area (Å²) in [7, 11) is 0. The van der Waals surface area contributed by atoms with Crippen molar-refractivity contribution in [3.8, 4) is 0 Å². The smallest absolute Gasteiger partial charge is 0.127 e. The number of rotatable bonds is 6. The largest absolute Gasteiger partial charge is 0.396 e. The van der Waals surface area contributed by atoms with Gasteiger partial charge < -0.3 is 15.7 Å². The zero-order valence-corrected chi connectivity index (χ0v) is 9.33. The average Bonchev–Trinajstić information content (AvgIpc) is 2.27. The van der Waals surface area contributed by atoms with Crippen LogP contribution < -0.4 is 10.6 Å². The van der Waals surface area contributed by atoms with Gasteiger partial charge in [0.1, 0.15) is 5.82 Å². The van der Waals surface area contributed by atoms with Crippen molar-refractivity contribution in [3.05, 3.63) is 18.3 Å². The molecule has 1 rings (SSSR count). The second kappa shape index (κ2) is 6.24. The lowest BCUT2D eigenvalue weighted by Gasteiger charge is -2.11. The van der Waals surface area contributed by atoms with Crippen molar-refractivity contribution in [2.24, 2.45) is 5.92 Å². The Labute approximate surface area is 90.7 Å². The van der Waals surface area contributed by atoms with Crippen LogP contribution in [-0.4, -0.2) is 29.8 Å². The van der Waals surface area contributed by atoms with Gasteiger partial charge in [-0.15, -0.1) is 0 Å². The molecule has 4 heteroatoms. The highest BCUT2D eigenvalue weighted by molar-refractivity contribution is 5.51. The van der Waals surface area contributed by atoms with E-state index < -0.39 is 0 Å². The van der Waals surface area contributed by atoms with Gasteiger partial charge >= 0.3 is 0 Å². The Morgan fingerprint density at radius 3 is 2.93 bits per heavy atom. The summed E-state index contributed by atoms with van der Waals surface area (Å²) in [4.78, 5) is 4.18. The number of aromatic nitrogens is 1. The van der Waals surface area contributed by atoms with Crippen LogP contribution in [0.3, 0.4) is 0 Å². The molecule has 1 aromatic heterocycles. The van der Waals surface area contributed by atoms with Gasteiger partial charge in [0.2, 0.25) is 0 Å². The van der Waals surface area contributed by atoms with Crippen LogP contribution in [0.15, 0.2) is 18.3 Å². The Morgan fingerprint density at radius 2 is 2.27 bits per heavy atom. The summed E-state index contributed by atoms with van der Waals surface area (Å²) in [6, 6.07) is 3.89. The van der Waals surface area contributed by atoms with Crippen LogP contribution in [-0.2, 0) is 0 Å². The zero-order valence-electron chi connectivity index (χ0n) is 9.33. The van der Waals surface area contributed by atoms with Gasteiger partial charge in [0.25, 0.3) is 0 Å². The minimum atomic E-state index is 0.206. The van der Waals surface area contributed by atoms with Crippen LogP contribution in [0.2, 0.25) is 0 Å². The Morgan fingerprint density at radius 1 is 1.47 bits per heavy atom. The summed E-state index contributed by atoms with van der Waals surface area (Å²) in [5, 5.41) is 15.3. The van der Waals surface area contributed by atoms with Crippen LogP contribution in [0, 0.1) is 5.92 Å². The summed E-state index contributed by atoms with van der Waals surface area (Å²) in [6.07, 6.45) is 1.77. The number of nitrogens with one attached hydrogen (secondary N) is 2. The Hall–Kier alpha value is -1.29. The van der Waals surface area contributed by atoms with Crippen molar-refractivity contribution in [3.63, 3.8) is 0 Å². The maximum absolute atomic E-state index is 8.89.